The van der Waals surface area contributed by atoms with Gasteiger partial charge < -0.3 is 9.84 Å². The highest BCUT2D eigenvalue weighted by Gasteiger charge is 2.31. The molecule has 1 saturated heterocycles. The van der Waals surface area contributed by atoms with Crippen LogP contribution >= 0.6 is 0 Å². The summed E-state index contributed by atoms with van der Waals surface area (Å²) in [7, 11) is 1.61. The number of rotatable bonds is 5. The summed E-state index contributed by atoms with van der Waals surface area (Å²) in [5.41, 5.74) is 1.47. The monoisotopic (exact) mass is 409 g/mol. The highest BCUT2D eigenvalue weighted by molar-refractivity contribution is 6.00. The SMILES string of the molecule is Cn1c(=O)n(C2CCC(=O)NC2=O)c2ccc(Oc3ccc(CC(=O)O)cc3)cc21. The number of aliphatic carboxylic acids is 1. The maximum Gasteiger partial charge on any atom is 0.329 e. The van der Waals surface area contributed by atoms with Gasteiger partial charge in [0.05, 0.1) is 17.5 Å². The third kappa shape index (κ3) is 3.57. The molecule has 1 aliphatic rings. The number of piperidine rings is 1. The van der Waals surface area contributed by atoms with Gasteiger partial charge in [-0.2, -0.15) is 0 Å². The Morgan fingerprint density at radius 3 is 2.47 bits per heavy atom. The van der Waals surface area contributed by atoms with Crippen molar-refractivity contribution >= 4 is 28.8 Å². The molecule has 1 unspecified atom stereocenters. The highest BCUT2D eigenvalue weighted by Crippen LogP contribution is 2.28. The molecule has 154 valence electrons. The second-order valence-electron chi connectivity index (χ2n) is 7.15. The topological polar surface area (TPSA) is 120 Å². The minimum atomic E-state index is -0.907. The van der Waals surface area contributed by atoms with Crippen LogP contribution in [-0.2, 0) is 27.9 Å². The fourth-order valence-electron chi connectivity index (χ4n) is 3.62. The van der Waals surface area contributed by atoms with Crippen molar-refractivity contribution < 1.29 is 24.2 Å². The van der Waals surface area contributed by atoms with Crippen LogP contribution in [0.5, 0.6) is 11.5 Å². The van der Waals surface area contributed by atoms with Gasteiger partial charge in [-0.25, -0.2) is 4.79 Å². The Morgan fingerprint density at radius 2 is 1.80 bits per heavy atom. The Labute approximate surface area is 170 Å². The number of aromatic nitrogens is 2. The molecule has 30 heavy (non-hydrogen) atoms. The standard InChI is InChI=1S/C21H19N3O6/c1-23-17-11-14(30-13-4-2-12(3-5-13)10-19(26)27)6-7-15(17)24(21(23)29)16-8-9-18(25)22-20(16)28/h2-7,11,16H,8-10H2,1H3,(H,26,27)(H,22,25,28). The molecule has 4 rings (SSSR count). The van der Waals surface area contributed by atoms with E-state index in [2.05, 4.69) is 5.32 Å². The summed E-state index contributed by atoms with van der Waals surface area (Å²) in [4.78, 5) is 47.2. The second kappa shape index (κ2) is 7.51. The molecule has 0 radical (unpaired) electrons. The fraction of sp³-hybridized carbons (Fsp3) is 0.238. The molecule has 0 bridgehead atoms. The Bertz CT molecular complexity index is 1220. The lowest BCUT2D eigenvalue weighted by molar-refractivity contribution is -0.137. The first kappa shape index (κ1) is 19.4. The fourth-order valence-corrected chi connectivity index (χ4v) is 3.62. The van der Waals surface area contributed by atoms with Crippen LogP contribution in [0.3, 0.4) is 0 Å². The van der Waals surface area contributed by atoms with E-state index in [1.807, 2.05) is 0 Å². The van der Waals surface area contributed by atoms with E-state index in [1.165, 1.54) is 9.13 Å². The van der Waals surface area contributed by atoms with Crippen molar-refractivity contribution in [1.29, 1.82) is 0 Å². The Kier molecular flexibility index (Phi) is 4.86. The number of carbonyl (C=O) groups is 3. The van der Waals surface area contributed by atoms with E-state index in [-0.39, 0.29) is 30.9 Å². The van der Waals surface area contributed by atoms with E-state index in [9.17, 15) is 19.2 Å². The smallest absolute Gasteiger partial charge is 0.329 e. The van der Waals surface area contributed by atoms with E-state index in [4.69, 9.17) is 9.84 Å². The average molecular weight is 409 g/mol. The molecule has 9 nitrogen and oxygen atoms in total. The molecule has 1 fully saturated rings. The number of carboxylic acids is 1. The van der Waals surface area contributed by atoms with Gasteiger partial charge in [0.2, 0.25) is 11.8 Å². The molecule has 1 aromatic heterocycles. The van der Waals surface area contributed by atoms with Gasteiger partial charge in [-0.1, -0.05) is 12.1 Å². The number of imidazole rings is 1. The zero-order valence-electron chi connectivity index (χ0n) is 16.1. The van der Waals surface area contributed by atoms with Gasteiger partial charge in [0.15, 0.2) is 0 Å². The minimum Gasteiger partial charge on any atom is -0.481 e. The van der Waals surface area contributed by atoms with E-state index in [0.717, 1.165) is 0 Å². The largest absolute Gasteiger partial charge is 0.481 e. The van der Waals surface area contributed by atoms with Gasteiger partial charge >= 0.3 is 11.7 Å². The molecule has 2 heterocycles. The predicted octanol–water partition coefficient (Wildman–Crippen LogP) is 1.74. The van der Waals surface area contributed by atoms with Crippen molar-refractivity contribution in [2.75, 3.05) is 0 Å². The lowest BCUT2D eigenvalue weighted by Crippen LogP contribution is -2.44. The Morgan fingerprint density at radius 1 is 1.10 bits per heavy atom. The second-order valence-corrected chi connectivity index (χ2v) is 7.15. The molecule has 3 aromatic rings. The van der Waals surface area contributed by atoms with Crippen LogP contribution < -0.4 is 15.7 Å². The molecule has 0 saturated carbocycles. The van der Waals surface area contributed by atoms with Gasteiger partial charge in [0.25, 0.3) is 0 Å². The summed E-state index contributed by atoms with van der Waals surface area (Å²) in [6.45, 7) is 0. The summed E-state index contributed by atoms with van der Waals surface area (Å²) in [6.07, 6.45) is 0.380. The Balaban J connectivity index is 1.64. The van der Waals surface area contributed by atoms with Crippen molar-refractivity contribution in [3.05, 3.63) is 58.5 Å². The third-order valence-electron chi connectivity index (χ3n) is 5.10. The van der Waals surface area contributed by atoms with Crippen molar-refractivity contribution in [3.8, 4) is 11.5 Å². The van der Waals surface area contributed by atoms with Crippen LogP contribution in [0.2, 0.25) is 0 Å². The molecule has 0 aliphatic carbocycles. The van der Waals surface area contributed by atoms with Crippen LogP contribution in [0.25, 0.3) is 11.0 Å². The van der Waals surface area contributed by atoms with Crippen molar-refractivity contribution in [2.24, 2.45) is 7.05 Å². The number of amides is 2. The molecule has 2 N–H and O–H groups in total. The summed E-state index contributed by atoms with van der Waals surface area (Å²) >= 11 is 0. The van der Waals surface area contributed by atoms with Gasteiger partial charge in [0.1, 0.15) is 17.5 Å². The van der Waals surface area contributed by atoms with Crippen molar-refractivity contribution in [1.82, 2.24) is 14.5 Å². The molecular weight excluding hydrogens is 390 g/mol. The molecule has 2 amide bonds. The van der Waals surface area contributed by atoms with Gasteiger partial charge in [0, 0.05) is 19.5 Å². The number of ether oxygens (including phenoxy) is 1. The average Bonchev–Trinajstić information content (AvgIpc) is 2.94. The lowest BCUT2D eigenvalue weighted by atomic mass is 10.1. The zero-order chi connectivity index (χ0) is 21.4. The van der Waals surface area contributed by atoms with Crippen molar-refractivity contribution in [3.63, 3.8) is 0 Å². The molecule has 1 aliphatic heterocycles. The summed E-state index contributed by atoms with van der Waals surface area (Å²) in [6, 6.07) is 11.1. The van der Waals surface area contributed by atoms with E-state index in [0.29, 0.717) is 28.1 Å². The number of nitrogens with one attached hydrogen (secondary N) is 1. The number of hydrogen-bond donors (Lipinski definition) is 2. The normalized spacial score (nSPS) is 16.5. The van der Waals surface area contributed by atoms with Crippen LogP contribution in [0.4, 0.5) is 0 Å². The van der Waals surface area contributed by atoms with E-state index >= 15 is 0 Å². The van der Waals surface area contributed by atoms with Gasteiger partial charge in [-0.3, -0.25) is 28.8 Å². The van der Waals surface area contributed by atoms with E-state index in [1.54, 1.807) is 49.5 Å². The zero-order valence-corrected chi connectivity index (χ0v) is 16.1. The summed E-state index contributed by atoms with van der Waals surface area (Å²) < 4.78 is 8.67. The maximum absolute atomic E-state index is 12.8. The van der Waals surface area contributed by atoms with Gasteiger partial charge in [-0.05, 0) is 36.2 Å². The predicted molar refractivity (Wildman–Crippen MR) is 106 cm³/mol. The van der Waals surface area contributed by atoms with Crippen molar-refractivity contribution in [2.45, 2.75) is 25.3 Å². The molecular formula is C21H19N3O6. The van der Waals surface area contributed by atoms with Crippen LogP contribution in [-0.4, -0.2) is 32.0 Å². The lowest BCUT2D eigenvalue weighted by Gasteiger charge is -2.21. The number of nitrogens with zero attached hydrogens (tertiary/aromatic N) is 2. The number of fused-ring (bicyclic) bond motifs is 1. The minimum absolute atomic E-state index is 0.0673. The summed E-state index contributed by atoms with van der Waals surface area (Å²) in [5.74, 6) is -0.713. The number of aryl methyl sites for hydroxylation is 1. The Hall–Kier alpha value is -3.88. The van der Waals surface area contributed by atoms with Crippen LogP contribution in [0, 0.1) is 0 Å². The first-order chi connectivity index (χ1) is 14.3. The number of benzene rings is 2. The molecule has 2 aromatic carbocycles. The number of imide groups is 1. The highest BCUT2D eigenvalue weighted by atomic mass is 16.5. The molecule has 1 atom stereocenters. The number of carboxylic acid groups (broad SMARTS) is 1. The van der Waals surface area contributed by atoms with Crippen LogP contribution in [0.1, 0.15) is 24.4 Å². The first-order valence-corrected chi connectivity index (χ1v) is 9.37. The number of carbonyl (C=O) groups excluding carboxylic acids is 2. The summed E-state index contributed by atoms with van der Waals surface area (Å²) in [5, 5.41) is 11.1. The molecule has 9 heteroatoms. The molecule has 0 spiro atoms. The number of hydrogen-bond acceptors (Lipinski definition) is 5. The first-order valence-electron chi connectivity index (χ1n) is 9.37. The quantitative estimate of drug-likeness (QED) is 0.620. The maximum atomic E-state index is 12.8. The van der Waals surface area contributed by atoms with Gasteiger partial charge in [-0.15, -0.1) is 0 Å². The van der Waals surface area contributed by atoms with E-state index < -0.39 is 17.9 Å². The van der Waals surface area contributed by atoms with Crippen LogP contribution in [0.15, 0.2) is 47.3 Å². The third-order valence-corrected chi connectivity index (χ3v) is 5.10.